The highest BCUT2D eigenvalue weighted by Crippen LogP contribution is 2.56. The van der Waals surface area contributed by atoms with Crippen LogP contribution in [0.1, 0.15) is 11.1 Å². The number of para-hydroxylation sites is 1. The van der Waals surface area contributed by atoms with Crippen LogP contribution in [-0.2, 0) is 21.0 Å². The standard InChI is InChI=1S/C24H19ClN2O3S/c1-30-21-12-11-17(13-19(21)25)27-22(28)15-31-24(27)18-9-5-6-10-20(18)26(23(24)29)14-16-7-3-2-4-8-16/h2-13H,14-15H2,1H3/t24-/m1/s1. The SMILES string of the molecule is COc1ccc(N2C(=O)CS[C@]23C(=O)N(Cc2ccccc2)c2ccccc23)cc1Cl. The van der Waals surface area contributed by atoms with Crippen molar-refractivity contribution < 1.29 is 14.3 Å². The number of methoxy groups -OCH3 is 1. The average molecular weight is 451 g/mol. The van der Waals surface area contributed by atoms with Gasteiger partial charge in [0.2, 0.25) is 10.8 Å². The predicted molar refractivity (Wildman–Crippen MR) is 124 cm³/mol. The summed E-state index contributed by atoms with van der Waals surface area (Å²) >= 11 is 7.71. The van der Waals surface area contributed by atoms with Gasteiger partial charge in [0.1, 0.15) is 5.75 Å². The number of ether oxygens (including phenoxy) is 1. The fourth-order valence-electron chi connectivity index (χ4n) is 4.27. The Hall–Kier alpha value is -2.96. The molecule has 2 aliphatic rings. The molecule has 3 aromatic rings. The first kappa shape index (κ1) is 20.0. The molecule has 2 heterocycles. The molecule has 1 spiro atoms. The van der Waals surface area contributed by atoms with E-state index in [1.165, 1.54) is 18.9 Å². The fraction of sp³-hybridized carbons (Fsp3) is 0.167. The van der Waals surface area contributed by atoms with Crippen LogP contribution in [0.25, 0.3) is 0 Å². The van der Waals surface area contributed by atoms with Crippen LogP contribution >= 0.6 is 23.4 Å². The lowest BCUT2D eigenvalue weighted by atomic mass is 10.0. The van der Waals surface area contributed by atoms with Crippen LogP contribution in [0.4, 0.5) is 11.4 Å². The van der Waals surface area contributed by atoms with Crippen LogP contribution in [0.3, 0.4) is 0 Å². The Balaban J connectivity index is 1.64. The monoisotopic (exact) mass is 450 g/mol. The van der Waals surface area contributed by atoms with Gasteiger partial charge in [0.05, 0.1) is 30.1 Å². The van der Waals surface area contributed by atoms with Crippen LogP contribution in [0.2, 0.25) is 5.02 Å². The van der Waals surface area contributed by atoms with Crippen molar-refractivity contribution in [2.75, 3.05) is 22.7 Å². The highest BCUT2D eigenvalue weighted by Gasteiger charge is 2.60. The Morgan fingerprint density at radius 3 is 2.52 bits per heavy atom. The maximum absolute atomic E-state index is 14.0. The molecule has 0 radical (unpaired) electrons. The van der Waals surface area contributed by atoms with Crippen LogP contribution < -0.4 is 14.5 Å². The summed E-state index contributed by atoms with van der Waals surface area (Å²) in [5.74, 6) is 0.474. The molecule has 1 fully saturated rings. The highest BCUT2D eigenvalue weighted by molar-refractivity contribution is 8.02. The maximum Gasteiger partial charge on any atom is 0.269 e. The Morgan fingerprint density at radius 1 is 1.03 bits per heavy atom. The number of hydrogen-bond donors (Lipinski definition) is 0. The van der Waals surface area contributed by atoms with Gasteiger partial charge in [0, 0.05) is 11.3 Å². The van der Waals surface area contributed by atoms with E-state index in [2.05, 4.69) is 0 Å². The first-order valence-electron chi connectivity index (χ1n) is 9.82. The number of benzene rings is 3. The van der Waals surface area contributed by atoms with Crippen molar-refractivity contribution >= 4 is 46.6 Å². The molecule has 0 saturated carbocycles. The summed E-state index contributed by atoms with van der Waals surface area (Å²) in [5.41, 5.74) is 3.24. The molecule has 0 bridgehead atoms. The van der Waals surface area contributed by atoms with E-state index in [4.69, 9.17) is 16.3 Å². The minimum absolute atomic E-state index is 0.125. The Bertz CT molecular complexity index is 1190. The van der Waals surface area contributed by atoms with Gasteiger partial charge in [-0.15, -0.1) is 11.8 Å². The second kappa shape index (κ2) is 7.62. The van der Waals surface area contributed by atoms with E-state index >= 15 is 0 Å². The zero-order valence-corrected chi connectivity index (χ0v) is 18.3. The lowest BCUT2D eigenvalue weighted by molar-refractivity contribution is -0.123. The minimum Gasteiger partial charge on any atom is -0.495 e. The molecular weight excluding hydrogens is 432 g/mol. The summed E-state index contributed by atoms with van der Waals surface area (Å²) in [5, 5.41) is 0.389. The lowest BCUT2D eigenvalue weighted by Gasteiger charge is -2.33. The molecule has 5 rings (SSSR count). The number of carbonyl (C=O) groups excluding carboxylic acids is 2. The molecule has 2 aliphatic heterocycles. The molecule has 1 atom stereocenters. The number of thioether (sulfide) groups is 1. The molecule has 0 N–H and O–H groups in total. The zero-order chi connectivity index (χ0) is 21.6. The van der Waals surface area contributed by atoms with Crippen molar-refractivity contribution in [1.82, 2.24) is 0 Å². The van der Waals surface area contributed by atoms with E-state index in [1.54, 1.807) is 28.0 Å². The normalized spacial score (nSPS) is 19.9. The number of anilines is 2. The van der Waals surface area contributed by atoms with Crippen molar-refractivity contribution in [2.24, 2.45) is 0 Å². The molecule has 31 heavy (non-hydrogen) atoms. The topological polar surface area (TPSA) is 49.9 Å². The molecule has 5 nitrogen and oxygen atoms in total. The van der Waals surface area contributed by atoms with E-state index < -0.39 is 4.87 Å². The maximum atomic E-state index is 14.0. The van der Waals surface area contributed by atoms with Crippen molar-refractivity contribution in [2.45, 2.75) is 11.4 Å². The summed E-state index contributed by atoms with van der Waals surface area (Å²) in [7, 11) is 1.54. The van der Waals surface area contributed by atoms with Gasteiger partial charge in [-0.1, -0.05) is 60.1 Å². The second-order valence-electron chi connectivity index (χ2n) is 7.37. The van der Waals surface area contributed by atoms with Gasteiger partial charge >= 0.3 is 0 Å². The molecule has 0 unspecified atom stereocenters. The quantitative estimate of drug-likeness (QED) is 0.571. The highest BCUT2D eigenvalue weighted by atomic mass is 35.5. The van der Waals surface area contributed by atoms with Crippen LogP contribution in [-0.4, -0.2) is 24.7 Å². The van der Waals surface area contributed by atoms with Gasteiger partial charge in [-0.05, 0) is 29.8 Å². The van der Waals surface area contributed by atoms with Crippen LogP contribution in [0.5, 0.6) is 5.75 Å². The first-order valence-corrected chi connectivity index (χ1v) is 11.2. The Labute approximate surface area is 189 Å². The van der Waals surface area contributed by atoms with Crippen molar-refractivity contribution in [3.63, 3.8) is 0 Å². The second-order valence-corrected chi connectivity index (χ2v) is 8.95. The van der Waals surface area contributed by atoms with Crippen LogP contribution in [0.15, 0.2) is 72.8 Å². The van der Waals surface area contributed by atoms with Gasteiger partial charge in [-0.3, -0.25) is 14.5 Å². The van der Waals surface area contributed by atoms with Gasteiger partial charge in [0.15, 0.2) is 0 Å². The number of amides is 2. The molecule has 2 amide bonds. The van der Waals surface area contributed by atoms with E-state index in [-0.39, 0.29) is 17.6 Å². The number of fused-ring (bicyclic) bond motifs is 2. The third kappa shape index (κ3) is 3.01. The number of carbonyl (C=O) groups is 2. The average Bonchev–Trinajstić information content (AvgIpc) is 3.25. The largest absolute Gasteiger partial charge is 0.495 e. The third-order valence-electron chi connectivity index (χ3n) is 5.64. The van der Waals surface area contributed by atoms with E-state index in [1.807, 2.05) is 54.6 Å². The lowest BCUT2D eigenvalue weighted by Crippen LogP contribution is -2.49. The first-order chi connectivity index (χ1) is 15.1. The summed E-state index contributed by atoms with van der Waals surface area (Å²) in [6.45, 7) is 0.435. The Morgan fingerprint density at radius 2 is 1.77 bits per heavy atom. The molecular formula is C24H19ClN2O3S. The predicted octanol–water partition coefficient (Wildman–Crippen LogP) is 4.83. The van der Waals surface area contributed by atoms with Crippen molar-refractivity contribution in [3.05, 3.63) is 88.9 Å². The molecule has 7 heteroatoms. The van der Waals surface area contributed by atoms with Gasteiger partial charge in [-0.25, -0.2) is 0 Å². The Kier molecular flexibility index (Phi) is 4.91. The fourth-order valence-corrected chi connectivity index (χ4v) is 5.88. The molecule has 0 aliphatic carbocycles. The van der Waals surface area contributed by atoms with Crippen molar-refractivity contribution in [3.8, 4) is 5.75 Å². The summed E-state index contributed by atoms with van der Waals surface area (Å²) < 4.78 is 5.25. The zero-order valence-electron chi connectivity index (χ0n) is 16.7. The van der Waals surface area contributed by atoms with E-state index in [9.17, 15) is 9.59 Å². The molecule has 0 aromatic heterocycles. The number of rotatable bonds is 4. The minimum atomic E-state index is -1.15. The molecule has 3 aromatic carbocycles. The molecule has 156 valence electrons. The van der Waals surface area contributed by atoms with Crippen molar-refractivity contribution in [1.29, 1.82) is 0 Å². The van der Waals surface area contributed by atoms with Gasteiger partial charge < -0.3 is 9.64 Å². The third-order valence-corrected chi connectivity index (χ3v) is 7.32. The van der Waals surface area contributed by atoms with Gasteiger partial charge in [0.25, 0.3) is 5.91 Å². The molecule has 1 saturated heterocycles. The summed E-state index contributed by atoms with van der Waals surface area (Å²) in [6.07, 6.45) is 0. The smallest absolute Gasteiger partial charge is 0.269 e. The summed E-state index contributed by atoms with van der Waals surface area (Å²) in [6, 6.07) is 22.7. The van der Waals surface area contributed by atoms with E-state index in [0.717, 1.165) is 16.8 Å². The number of hydrogen-bond acceptors (Lipinski definition) is 4. The van der Waals surface area contributed by atoms with E-state index in [0.29, 0.717) is 23.0 Å². The number of halogens is 1. The van der Waals surface area contributed by atoms with Gasteiger partial charge in [-0.2, -0.15) is 0 Å². The van der Waals surface area contributed by atoms with Crippen LogP contribution in [0, 0.1) is 0 Å². The summed E-state index contributed by atoms with van der Waals surface area (Å²) in [4.78, 5) is 29.3. The number of nitrogens with zero attached hydrogens (tertiary/aromatic N) is 2.